The molecule has 0 heterocycles. The first-order valence-electron chi connectivity index (χ1n) is 5.43. The molecule has 0 aliphatic carbocycles. The minimum atomic E-state index is 0.122. The molecule has 0 saturated carbocycles. The van der Waals surface area contributed by atoms with E-state index in [0.29, 0.717) is 5.92 Å². The maximum Gasteiger partial charge on any atom is 0.0590 e. The quantitative estimate of drug-likeness (QED) is 0.499. The predicted molar refractivity (Wildman–Crippen MR) is 68.2 cm³/mol. The summed E-state index contributed by atoms with van der Waals surface area (Å²) in [5.74, 6) is 0.540. The third-order valence-corrected chi connectivity index (χ3v) is 2.79. The van der Waals surface area contributed by atoms with Crippen LogP contribution in [0.4, 0.5) is 0 Å². The summed E-state index contributed by atoms with van der Waals surface area (Å²) in [5, 5.41) is 0.122. The fourth-order valence-electron chi connectivity index (χ4n) is 1.76. The van der Waals surface area contributed by atoms with Crippen molar-refractivity contribution < 1.29 is 0 Å². The molecular formula is C14H19Cl. The highest BCUT2D eigenvalue weighted by atomic mass is 35.5. The Morgan fingerprint density at radius 1 is 1.27 bits per heavy atom. The van der Waals surface area contributed by atoms with Crippen molar-refractivity contribution in [3.05, 3.63) is 47.5 Å². The fraction of sp³-hybridized carbons (Fsp3) is 0.429. The average Bonchev–Trinajstić information content (AvgIpc) is 2.17. The molecule has 0 aromatic heterocycles. The monoisotopic (exact) mass is 222 g/mol. The van der Waals surface area contributed by atoms with E-state index >= 15 is 0 Å². The number of hydrogen-bond acceptors (Lipinski definition) is 0. The predicted octanol–water partition coefficient (Wildman–Crippen LogP) is 4.96. The standard InChI is InChI=1S/C14H19Cl/c1-11(2)9-12(3)10-14(15)13-7-5-4-6-8-13/h4-9,12,14H,10H2,1-3H3. The number of halogens is 1. The summed E-state index contributed by atoms with van der Waals surface area (Å²) in [6, 6.07) is 10.3. The van der Waals surface area contributed by atoms with E-state index < -0.39 is 0 Å². The van der Waals surface area contributed by atoms with Crippen molar-refractivity contribution in [2.45, 2.75) is 32.6 Å². The van der Waals surface area contributed by atoms with Crippen molar-refractivity contribution in [1.29, 1.82) is 0 Å². The second-order valence-electron chi connectivity index (χ2n) is 4.34. The van der Waals surface area contributed by atoms with Gasteiger partial charge in [-0.3, -0.25) is 0 Å². The molecule has 0 saturated heterocycles. The van der Waals surface area contributed by atoms with Crippen LogP contribution in [0, 0.1) is 5.92 Å². The van der Waals surface area contributed by atoms with Crippen LogP contribution in [0.5, 0.6) is 0 Å². The Kier molecular flexibility index (Phi) is 4.90. The highest BCUT2D eigenvalue weighted by molar-refractivity contribution is 6.20. The third-order valence-electron chi connectivity index (χ3n) is 2.36. The van der Waals surface area contributed by atoms with Crippen LogP contribution < -0.4 is 0 Å². The summed E-state index contributed by atoms with van der Waals surface area (Å²) in [6.07, 6.45) is 3.27. The maximum absolute atomic E-state index is 6.36. The van der Waals surface area contributed by atoms with Gasteiger partial charge >= 0.3 is 0 Å². The highest BCUT2D eigenvalue weighted by Crippen LogP contribution is 2.28. The van der Waals surface area contributed by atoms with Crippen molar-refractivity contribution in [1.82, 2.24) is 0 Å². The summed E-state index contributed by atoms with van der Waals surface area (Å²) in [4.78, 5) is 0. The Labute approximate surface area is 98.0 Å². The van der Waals surface area contributed by atoms with Gasteiger partial charge in [-0.15, -0.1) is 11.6 Å². The lowest BCUT2D eigenvalue weighted by molar-refractivity contribution is 0.629. The van der Waals surface area contributed by atoms with Gasteiger partial charge in [0.1, 0.15) is 0 Å². The molecule has 2 unspecified atom stereocenters. The van der Waals surface area contributed by atoms with Gasteiger partial charge in [-0.05, 0) is 31.7 Å². The van der Waals surface area contributed by atoms with E-state index in [0.717, 1.165) is 6.42 Å². The Hall–Kier alpha value is -0.750. The molecule has 2 atom stereocenters. The van der Waals surface area contributed by atoms with Crippen LogP contribution >= 0.6 is 11.6 Å². The second kappa shape index (κ2) is 5.97. The van der Waals surface area contributed by atoms with Gasteiger partial charge in [-0.1, -0.05) is 48.9 Å². The number of alkyl halides is 1. The summed E-state index contributed by atoms with van der Waals surface area (Å²) < 4.78 is 0. The van der Waals surface area contributed by atoms with Gasteiger partial charge < -0.3 is 0 Å². The minimum Gasteiger partial charge on any atom is -0.118 e. The van der Waals surface area contributed by atoms with Crippen LogP contribution in [0.2, 0.25) is 0 Å². The van der Waals surface area contributed by atoms with Crippen molar-refractivity contribution in [3.63, 3.8) is 0 Å². The van der Waals surface area contributed by atoms with E-state index in [1.807, 2.05) is 18.2 Å². The van der Waals surface area contributed by atoms with Crippen LogP contribution in [0.3, 0.4) is 0 Å². The average molecular weight is 223 g/mol. The molecule has 0 fully saturated rings. The maximum atomic E-state index is 6.36. The zero-order valence-corrected chi connectivity index (χ0v) is 10.5. The lowest BCUT2D eigenvalue weighted by Gasteiger charge is -2.13. The zero-order valence-electron chi connectivity index (χ0n) is 9.70. The molecule has 0 N–H and O–H groups in total. The molecule has 0 aliphatic rings. The van der Waals surface area contributed by atoms with E-state index in [2.05, 4.69) is 39.0 Å². The lowest BCUT2D eigenvalue weighted by atomic mass is 9.99. The molecule has 0 amide bonds. The topological polar surface area (TPSA) is 0 Å². The fourth-order valence-corrected chi connectivity index (χ4v) is 2.19. The van der Waals surface area contributed by atoms with Gasteiger partial charge in [0.05, 0.1) is 5.38 Å². The first-order valence-corrected chi connectivity index (χ1v) is 5.87. The molecule has 82 valence electrons. The Morgan fingerprint density at radius 2 is 1.87 bits per heavy atom. The number of rotatable bonds is 4. The molecule has 1 aromatic rings. The number of allylic oxidation sites excluding steroid dienone is 2. The van der Waals surface area contributed by atoms with E-state index in [1.54, 1.807) is 0 Å². The van der Waals surface area contributed by atoms with Crippen LogP contribution in [0.1, 0.15) is 38.1 Å². The summed E-state index contributed by atoms with van der Waals surface area (Å²) >= 11 is 6.36. The van der Waals surface area contributed by atoms with Crippen LogP contribution in [-0.4, -0.2) is 0 Å². The van der Waals surface area contributed by atoms with E-state index in [9.17, 15) is 0 Å². The van der Waals surface area contributed by atoms with Gasteiger partial charge in [-0.25, -0.2) is 0 Å². The molecule has 1 heteroatoms. The van der Waals surface area contributed by atoms with Crippen LogP contribution in [0.25, 0.3) is 0 Å². The molecule has 0 radical (unpaired) electrons. The lowest BCUT2D eigenvalue weighted by Crippen LogP contribution is -1.98. The van der Waals surface area contributed by atoms with Crippen molar-refractivity contribution in [2.24, 2.45) is 5.92 Å². The Balaban J connectivity index is 2.56. The molecule has 1 aromatic carbocycles. The van der Waals surface area contributed by atoms with Crippen molar-refractivity contribution >= 4 is 11.6 Å². The molecule has 0 aliphatic heterocycles. The number of benzene rings is 1. The molecular weight excluding hydrogens is 204 g/mol. The Bertz CT molecular complexity index is 309. The number of hydrogen-bond donors (Lipinski definition) is 0. The van der Waals surface area contributed by atoms with Crippen molar-refractivity contribution in [2.75, 3.05) is 0 Å². The van der Waals surface area contributed by atoms with E-state index in [4.69, 9.17) is 11.6 Å². The summed E-state index contributed by atoms with van der Waals surface area (Å²) in [7, 11) is 0. The second-order valence-corrected chi connectivity index (χ2v) is 4.86. The van der Waals surface area contributed by atoms with E-state index in [1.165, 1.54) is 11.1 Å². The first-order chi connectivity index (χ1) is 7.09. The van der Waals surface area contributed by atoms with E-state index in [-0.39, 0.29) is 5.38 Å². The molecule has 0 bridgehead atoms. The third kappa shape index (κ3) is 4.53. The smallest absolute Gasteiger partial charge is 0.0590 e. The van der Waals surface area contributed by atoms with Gasteiger partial charge in [0.15, 0.2) is 0 Å². The van der Waals surface area contributed by atoms with Crippen LogP contribution in [-0.2, 0) is 0 Å². The highest BCUT2D eigenvalue weighted by Gasteiger charge is 2.10. The normalized spacial score (nSPS) is 14.4. The van der Waals surface area contributed by atoms with Gasteiger partial charge in [0, 0.05) is 0 Å². The Morgan fingerprint density at radius 3 is 2.40 bits per heavy atom. The summed E-state index contributed by atoms with van der Waals surface area (Å²) in [6.45, 7) is 6.47. The molecule has 1 rings (SSSR count). The zero-order chi connectivity index (χ0) is 11.3. The van der Waals surface area contributed by atoms with Crippen molar-refractivity contribution in [3.8, 4) is 0 Å². The molecule has 0 nitrogen and oxygen atoms in total. The van der Waals surface area contributed by atoms with Gasteiger partial charge in [0.25, 0.3) is 0 Å². The summed E-state index contributed by atoms with van der Waals surface area (Å²) in [5.41, 5.74) is 2.58. The molecule has 0 spiro atoms. The SMILES string of the molecule is CC(C)=CC(C)CC(Cl)c1ccccc1. The van der Waals surface area contributed by atoms with Gasteiger partial charge in [-0.2, -0.15) is 0 Å². The van der Waals surface area contributed by atoms with Crippen LogP contribution in [0.15, 0.2) is 42.0 Å². The van der Waals surface area contributed by atoms with Gasteiger partial charge in [0.2, 0.25) is 0 Å². The first kappa shape index (κ1) is 12.3. The molecule has 15 heavy (non-hydrogen) atoms. The largest absolute Gasteiger partial charge is 0.118 e. The minimum absolute atomic E-state index is 0.122.